The van der Waals surface area contributed by atoms with Crippen molar-refractivity contribution < 1.29 is 30.0 Å². The van der Waals surface area contributed by atoms with Crippen molar-refractivity contribution in [2.75, 3.05) is 0 Å². The van der Waals surface area contributed by atoms with Gasteiger partial charge in [0.05, 0.1) is 5.52 Å². The zero-order valence-corrected chi connectivity index (χ0v) is 20.7. The summed E-state index contributed by atoms with van der Waals surface area (Å²) in [6.45, 7) is 10.2. The van der Waals surface area contributed by atoms with Crippen molar-refractivity contribution in [1.82, 2.24) is 9.97 Å². The maximum Gasteiger partial charge on any atom is 0.354 e. The molecule has 0 aliphatic heterocycles. The summed E-state index contributed by atoms with van der Waals surface area (Å²) >= 11 is 0. The molecule has 4 rings (SSSR count). The standard InChI is InChI=1S/C19H18N.C8H7NO2.Ir/c1-19(2,3)16-11-8-15(9-12-16)18-13-10-14-6-4-5-7-17(14)20-18;1-2-6-3-4-7(8(10)11)9-5-6;/h4-8,10-13H,1-3H3;2-5H,1H2,(H,10,11);/q-1;;. The van der Waals surface area contributed by atoms with Gasteiger partial charge in [-0.05, 0) is 34.2 Å². The summed E-state index contributed by atoms with van der Waals surface area (Å²) in [5, 5.41) is 9.63. The van der Waals surface area contributed by atoms with Crippen molar-refractivity contribution in [3.05, 3.63) is 102 Å². The number of aromatic carboxylic acids is 1. The van der Waals surface area contributed by atoms with E-state index in [0.717, 1.165) is 22.3 Å². The third kappa shape index (κ3) is 6.43. The number of fused-ring (bicyclic) bond motifs is 1. The molecule has 0 amide bonds. The van der Waals surface area contributed by atoms with Gasteiger partial charge in [0.15, 0.2) is 0 Å². The van der Waals surface area contributed by atoms with Gasteiger partial charge in [0.25, 0.3) is 0 Å². The van der Waals surface area contributed by atoms with Crippen LogP contribution in [0.3, 0.4) is 0 Å². The molecular formula is C27H25IrN2O2-. The Hall–Kier alpha value is -3.14. The number of carbonyl (C=O) groups is 1. The average Bonchev–Trinajstić information content (AvgIpc) is 2.78. The Morgan fingerprint density at radius 2 is 1.78 bits per heavy atom. The van der Waals surface area contributed by atoms with Gasteiger partial charge in [-0.15, -0.1) is 35.4 Å². The van der Waals surface area contributed by atoms with Crippen LogP contribution < -0.4 is 0 Å². The quantitative estimate of drug-likeness (QED) is 0.276. The minimum atomic E-state index is -1.01. The van der Waals surface area contributed by atoms with Crippen LogP contribution in [0.15, 0.2) is 79.5 Å². The molecule has 2 heterocycles. The van der Waals surface area contributed by atoms with E-state index < -0.39 is 5.97 Å². The molecule has 0 unspecified atom stereocenters. The molecule has 0 aliphatic carbocycles. The first-order chi connectivity index (χ1) is 14.8. The largest absolute Gasteiger partial charge is 0.477 e. The van der Waals surface area contributed by atoms with Crippen LogP contribution in [0.1, 0.15) is 42.4 Å². The molecule has 2 aromatic carbocycles. The molecule has 165 valence electrons. The zero-order valence-electron chi connectivity index (χ0n) is 18.3. The van der Waals surface area contributed by atoms with Gasteiger partial charge >= 0.3 is 5.97 Å². The molecule has 0 bridgehead atoms. The summed E-state index contributed by atoms with van der Waals surface area (Å²) in [6, 6.07) is 25.2. The number of carboxylic acid groups (broad SMARTS) is 1. The van der Waals surface area contributed by atoms with E-state index in [1.807, 2.05) is 18.2 Å². The third-order valence-corrected chi connectivity index (χ3v) is 4.79. The predicted octanol–water partition coefficient (Wildman–Crippen LogP) is 6.42. The second kappa shape index (κ2) is 10.9. The van der Waals surface area contributed by atoms with E-state index in [9.17, 15) is 4.79 Å². The normalized spacial score (nSPS) is 10.5. The molecule has 0 aliphatic rings. The van der Waals surface area contributed by atoms with Crippen LogP contribution in [0.25, 0.3) is 28.2 Å². The van der Waals surface area contributed by atoms with E-state index in [4.69, 9.17) is 10.1 Å². The van der Waals surface area contributed by atoms with Crippen molar-refractivity contribution in [1.29, 1.82) is 0 Å². The van der Waals surface area contributed by atoms with Crippen LogP contribution in [0.5, 0.6) is 0 Å². The van der Waals surface area contributed by atoms with E-state index >= 15 is 0 Å². The Labute approximate surface area is 202 Å². The number of carboxylic acids is 1. The van der Waals surface area contributed by atoms with Crippen molar-refractivity contribution in [3.63, 3.8) is 0 Å². The summed E-state index contributed by atoms with van der Waals surface area (Å²) in [5.74, 6) is -1.01. The maximum atomic E-state index is 10.3. The summed E-state index contributed by atoms with van der Waals surface area (Å²) in [5.41, 5.74) is 5.37. The number of benzene rings is 2. The molecule has 4 aromatic rings. The number of hydrogen-bond donors (Lipinski definition) is 1. The van der Waals surface area contributed by atoms with Crippen molar-refractivity contribution >= 4 is 22.9 Å². The second-order valence-corrected chi connectivity index (χ2v) is 8.12. The molecule has 0 fully saturated rings. The monoisotopic (exact) mass is 602 g/mol. The Bertz CT molecular complexity index is 1190. The van der Waals surface area contributed by atoms with Gasteiger partial charge < -0.3 is 5.11 Å². The van der Waals surface area contributed by atoms with Gasteiger partial charge in [0.1, 0.15) is 5.69 Å². The molecule has 2 aromatic heterocycles. The van der Waals surface area contributed by atoms with Gasteiger partial charge in [0.2, 0.25) is 0 Å². The first kappa shape index (κ1) is 25.1. The molecule has 5 heteroatoms. The minimum Gasteiger partial charge on any atom is -0.477 e. The fourth-order valence-electron chi connectivity index (χ4n) is 2.92. The first-order valence-electron chi connectivity index (χ1n) is 9.98. The Kier molecular flexibility index (Phi) is 8.59. The number of para-hydroxylation sites is 1. The SMILES string of the molecule is C=Cc1ccc(C(=O)O)nc1.CC(C)(C)c1c[c-]c(-c2ccc3ccccc3n2)cc1.[Ir]. The molecule has 4 nitrogen and oxygen atoms in total. The first-order valence-corrected chi connectivity index (χ1v) is 9.98. The van der Waals surface area contributed by atoms with Gasteiger partial charge in [-0.2, -0.15) is 0 Å². The van der Waals surface area contributed by atoms with Crippen molar-refractivity contribution in [2.45, 2.75) is 26.2 Å². The predicted molar refractivity (Wildman–Crippen MR) is 126 cm³/mol. The maximum absolute atomic E-state index is 10.3. The molecule has 0 saturated heterocycles. The number of nitrogens with zero attached hydrogens (tertiary/aromatic N) is 2. The number of rotatable bonds is 3. The van der Waals surface area contributed by atoms with Gasteiger partial charge in [-0.1, -0.05) is 69.8 Å². The molecule has 0 saturated carbocycles. The second-order valence-electron chi connectivity index (χ2n) is 8.12. The van der Waals surface area contributed by atoms with Gasteiger partial charge in [-0.3, -0.25) is 4.98 Å². The third-order valence-electron chi connectivity index (χ3n) is 4.79. The Morgan fingerprint density at radius 1 is 1.03 bits per heavy atom. The van der Waals surface area contributed by atoms with Crippen molar-refractivity contribution in [2.24, 2.45) is 0 Å². The van der Waals surface area contributed by atoms with Crippen LogP contribution >= 0.6 is 0 Å². The van der Waals surface area contributed by atoms with Crippen LogP contribution in [0.2, 0.25) is 0 Å². The summed E-state index contributed by atoms with van der Waals surface area (Å²) in [4.78, 5) is 18.7. The van der Waals surface area contributed by atoms with E-state index in [0.29, 0.717) is 0 Å². The van der Waals surface area contributed by atoms with Gasteiger partial charge in [0, 0.05) is 26.3 Å². The summed E-state index contributed by atoms with van der Waals surface area (Å²) in [6.07, 6.45) is 3.08. The van der Waals surface area contributed by atoms with E-state index in [2.05, 4.69) is 74.8 Å². The number of aromatic nitrogens is 2. The summed E-state index contributed by atoms with van der Waals surface area (Å²) < 4.78 is 0. The van der Waals surface area contributed by atoms with Crippen LogP contribution in [0, 0.1) is 6.07 Å². The van der Waals surface area contributed by atoms with E-state index in [1.165, 1.54) is 23.2 Å². The number of pyridine rings is 2. The molecular weight excluding hydrogens is 577 g/mol. The Balaban J connectivity index is 0.000000259. The number of hydrogen-bond acceptors (Lipinski definition) is 3. The molecule has 1 radical (unpaired) electrons. The van der Waals surface area contributed by atoms with Crippen LogP contribution in [-0.2, 0) is 25.5 Å². The molecule has 1 N–H and O–H groups in total. The molecule has 0 spiro atoms. The molecule has 32 heavy (non-hydrogen) atoms. The van der Waals surface area contributed by atoms with Crippen LogP contribution in [0.4, 0.5) is 0 Å². The van der Waals surface area contributed by atoms with Crippen molar-refractivity contribution in [3.8, 4) is 11.3 Å². The van der Waals surface area contributed by atoms with E-state index in [-0.39, 0.29) is 31.2 Å². The average molecular weight is 602 g/mol. The minimum absolute atomic E-state index is 0. The fourth-order valence-corrected chi connectivity index (χ4v) is 2.92. The fraction of sp³-hybridized carbons (Fsp3) is 0.148. The van der Waals surface area contributed by atoms with E-state index in [1.54, 1.807) is 12.1 Å². The topological polar surface area (TPSA) is 63.1 Å². The zero-order chi connectivity index (χ0) is 22.4. The van der Waals surface area contributed by atoms with Gasteiger partial charge in [-0.25, -0.2) is 9.78 Å². The summed E-state index contributed by atoms with van der Waals surface area (Å²) in [7, 11) is 0. The Morgan fingerprint density at radius 3 is 2.34 bits per heavy atom. The van der Waals surface area contributed by atoms with Crippen LogP contribution in [-0.4, -0.2) is 21.0 Å². The smallest absolute Gasteiger partial charge is 0.354 e. The molecule has 0 atom stereocenters.